The van der Waals surface area contributed by atoms with Gasteiger partial charge in [0.05, 0.1) is 41.1 Å². The Hall–Kier alpha value is -4.30. The molecule has 0 radical (unpaired) electrons. The number of rotatable bonds is 5. The Bertz CT molecular complexity index is 1660. The number of H-pyrrole nitrogens is 2. The monoisotopic (exact) mass is 475 g/mol. The second kappa shape index (κ2) is 8.73. The highest BCUT2D eigenvalue weighted by atomic mass is 16.3. The maximum Gasteiger partial charge on any atom is 0.135 e. The van der Waals surface area contributed by atoms with Crippen molar-refractivity contribution in [3.8, 4) is 33.8 Å². The Balaban J connectivity index is 1.26. The van der Waals surface area contributed by atoms with Crippen LogP contribution in [0.4, 0.5) is 0 Å². The number of piperidine rings is 1. The molecule has 0 aliphatic carbocycles. The van der Waals surface area contributed by atoms with Crippen molar-refractivity contribution < 1.29 is 4.42 Å². The fourth-order valence-electron chi connectivity index (χ4n) is 5.16. The first-order valence-electron chi connectivity index (χ1n) is 12.3. The minimum absolute atomic E-state index is 0.777. The molecule has 7 rings (SSSR count). The van der Waals surface area contributed by atoms with Gasteiger partial charge in [-0.3, -0.25) is 20.0 Å². The summed E-state index contributed by atoms with van der Waals surface area (Å²) < 4.78 is 5.29. The molecule has 0 saturated carbocycles. The van der Waals surface area contributed by atoms with Crippen LogP contribution in [0.3, 0.4) is 0 Å². The average Bonchev–Trinajstić information content (AvgIpc) is 3.68. The molecule has 0 aromatic carbocycles. The van der Waals surface area contributed by atoms with Gasteiger partial charge in [0, 0.05) is 47.2 Å². The van der Waals surface area contributed by atoms with Crippen molar-refractivity contribution >= 4 is 21.9 Å². The highest BCUT2D eigenvalue weighted by Gasteiger charge is 2.17. The summed E-state index contributed by atoms with van der Waals surface area (Å²) >= 11 is 0. The van der Waals surface area contributed by atoms with E-state index in [2.05, 4.69) is 42.2 Å². The molecule has 7 heterocycles. The lowest BCUT2D eigenvalue weighted by Gasteiger charge is -2.26. The van der Waals surface area contributed by atoms with E-state index in [9.17, 15) is 0 Å². The van der Waals surface area contributed by atoms with Crippen molar-refractivity contribution in [1.29, 1.82) is 0 Å². The third-order valence-corrected chi connectivity index (χ3v) is 6.99. The van der Waals surface area contributed by atoms with Crippen LogP contribution in [-0.2, 0) is 6.54 Å². The van der Waals surface area contributed by atoms with Gasteiger partial charge in [-0.1, -0.05) is 6.42 Å². The number of hydrogen-bond donors (Lipinski definition) is 2. The van der Waals surface area contributed by atoms with E-state index < -0.39 is 0 Å². The molecular weight excluding hydrogens is 450 g/mol. The third-order valence-electron chi connectivity index (χ3n) is 6.99. The fourth-order valence-corrected chi connectivity index (χ4v) is 5.16. The molecular formula is C28H25N7O. The Morgan fingerprint density at radius 3 is 2.69 bits per heavy atom. The second-order valence-electron chi connectivity index (χ2n) is 9.43. The number of nitrogens with one attached hydrogen (secondary N) is 2. The van der Waals surface area contributed by atoms with Gasteiger partial charge in [-0.15, -0.1) is 0 Å². The zero-order valence-electron chi connectivity index (χ0n) is 19.7. The summed E-state index contributed by atoms with van der Waals surface area (Å²) in [7, 11) is 0. The largest absolute Gasteiger partial charge is 0.472 e. The first-order chi connectivity index (χ1) is 17.8. The van der Waals surface area contributed by atoms with Gasteiger partial charge in [-0.25, -0.2) is 4.98 Å². The molecule has 178 valence electrons. The number of pyridine rings is 3. The number of aromatic nitrogens is 6. The van der Waals surface area contributed by atoms with Crippen molar-refractivity contribution in [1.82, 2.24) is 35.0 Å². The van der Waals surface area contributed by atoms with E-state index in [0.29, 0.717) is 0 Å². The lowest BCUT2D eigenvalue weighted by molar-refractivity contribution is 0.220. The molecule has 1 aliphatic heterocycles. The van der Waals surface area contributed by atoms with Crippen molar-refractivity contribution in [2.45, 2.75) is 25.8 Å². The number of furan rings is 1. The van der Waals surface area contributed by atoms with Gasteiger partial charge in [-0.05, 0) is 61.8 Å². The van der Waals surface area contributed by atoms with Crippen LogP contribution >= 0.6 is 0 Å². The molecule has 36 heavy (non-hydrogen) atoms. The van der Waals surface area contributed by atoms with Gasteiger partial charge in [0.2, 0.25) is 0 Å². The van der Waals surface area contributed by atoms with E-state index in [0.717, 1.165) is 75.3 Å². The van der Waals surface area contributed by atoms with Crippen molar-refractivity contribution in [3.63, 3.8) is 0 Å². The lowest BCUT2D eigenvalue weighted by Crippen LogP contribution is -2.29. The summed E-state index contributed by atoms with van der Waals surface area (Å²) in [4.78, 5) is 19.9. The number of hydrogen-bond acceptors (Lipinski definition) is 6. The summed E-state index contributed by atoms with van der Waals surface area (Å²) in [5, 5.41) is 8.79. The number of fused-ring (bicyclic) bond motifs is 2. The predicted octanol–water partition coefficient (Wildman–Crippen LogP) is 5.81. The van der Waals surface area contributed by atoms with E-state index >= 15 is 0 Å². The first-order valence-corrected chi connectivity index (χ1v) is 12.3. The molecule has 1 aliphatic rings. The summed E-state index contributed by atoms with van der Waals surface area (Å²) in [6.45, 7) is 3.26. The van der Waals surface area contributed by atoms with Gasteiger partial charge < -0.3 is 9.40 Å². The van der Waals surface area contributed by atoms with Gasteiger partial charge in [0.1, 0.15) is 11.2 Å². The maximum absolute atomic E-state index is 5.29. The molecule has 1 saturated heterocycles. The highest BCUT2D eigenvalue weighted by molar-refractivity contribution is 5.99. The van der Waals surface area contributed by atoms with Gasteiger partial charge in [0.15, 0.2) is 0 Å². The number of nitrogens with zero attached hydrogens (tertiary/aromatic N) is 5. The zero-order chi connectivity index (χ0) is 23.9. The van der Waals surface area contributed by atoms with E-state index in [-0.39, 0.29) is 0 Å². The third kappa shape index (κ3) is 3.76. The van der Waals surface area contributed by atoms with Crippen molar-refractivity contribution in [2.75, 3.05) is 13.1 Å². The minimum atomic E-state index is 0.777. The van der Waals surface area contributed by atoms with Crippen LogP contribution in [0.15, 0.2) is 72.1 Å². The molecule has 0 amide bonds. The molecule has 6 aromatic heterocycles. The van der Waals surface area contributed by atoms with Crippen LogP contribution in [0.5, 0.6) is 0 Å². The predicted molar refractivity (Wildman–Crippen MR) is 139 cm³/mol. The van der Waals surface area contributed by atoms with Crippen molar-refractivity contribution in [3.05, 3.63) is 73.2 Å². The zero-order valence-corrected chi connectivity index (χ0v) is 19.7. The summed E-state index contributed by atoms with van der Waals surface area (Å²) in [6, 6.07) is 10.3. The molecule has 6 aromatic rings. The molecule has 8 nitrogen and oxygen atoms in total. The smallest absolute Gasteiger partial charge is 0.135 e. The highest BCUT2D eigenvalue weighted by Crippen LogP contribution is 2.33. The standard InChI is InChI=1S/C28H25N7O/c1-2-7-35(8-3-1)16-18-10-20(13-29-12-18)23-4-5-24-27(32-23)28(34-33-24)25-11-21-22(19-6-9-36-17-19)14-30-15-26(21)31-25/h4-6,9-15,17,31H,1-3,7-8,16H2,(H,33,34). The molecule has 2 N–H and O–H groups in total. The summed E-state index contributed by atoms with van der Waals surface area (Å²) in [5.74, 6) is 0. The molecule has 0 spiro atoms. The molecule has 0 bridgehead atoms. The van der Waals surface area contributed by atoms with Crippen LogP contribution in [0, 0.1) is 0 Å². The van der Waals surface area contributed by atoms with Crippen LogP contribution in [0.2, 0.25) is 0 Å². The van der Waals surface area contributed by atoms with Crippen LogP contribution in [0.1, 0.15) is 24.8 Å². The normalized spacial score (nSPS) is 14.7. The van der Waals surface area contributed by atoms with Gasteiger partial charge in [-0.2, -0.15) is 5.10 Å². The Kier molecular flexibility index (Phi) is 5.10. The Morgan fingerprint density at radius 2 is 1.81 bits per heavy atom. The molecule has 0 atom stereocenters. The molecule has 8 heteroatoms. The Morgan fingerprint density at radius 1 is 0.889 bits per heavy atom. The second-order valence-corrected chi connectivity index (χ2v) is 9.43. The van der Waals surface area contributed by atoms with E-state index in [4.69, 9.17) is 9.40 Å². The number of likely N-dealkylation sites (tertiary alicyclic amines) is 1. The van der Waals surface area contributed by atoms with Crippen LogP contribution in [0.25, 0.3) is 55.7 Å². The molecule has 0 unspecified atom stereocenters. The first kappa shape index (κ1) is 21.0. The van der Waals surface area contributed by atoms with Gasteiger partial charge in [0.25, 0.3) is 0 Å². The average molecular weight is 476 g/mol. The maximum atomic E-state index is 5.29. The topological polar surface area (TPSA) is 99.5 Å². The van der Waals surface area contributed by atoms with Crippen LogP contribution < -0.4 is 0 Å². The van der Waals surface area contributed by atoms with E-state index in [1.54, 1.807) is 12.5 Å². The van der Waals surface area contributed by atoms with E-state index in [1.807, 2.05) is 43.0 Å². The van der Waals surface area contributed by atoms with Gasteiger partial charge >= 0.3 is 0 Å². The quantitative estimate of drug-likeness (QED) is 0.326. The summed E-state index contributed by atoms with van der Waals surface area (Å²) in [5.41, 5.74) is 9.42. The lowest BCUT2D eigenvalue weighted by atomic mass is 10.1. The van der Waals surface area contributed by atoms with E-state index in [1.165, 1.54) is 24.8 Å². The number of aromatic amines is 2. The van der Waals surface area contributed by atoms with Crippen molar-refractivity contribution in [2.24, 2.45) is 0 Å². The SMILES string of the molecule is c1cc(-c2cncc3[nH]c(-c4n[nH]c5ccc(-c6cncc(CN7CCCCC7)c6)nc45)cc23)co1. The van der Waals surface area contributed by atoms with Crippen LogP contribution in [-0.4, -0.2) is 48.1 Å². The Labute approximate surface area is 207 Å². The minimum Gasteiger partial charge on any atom is -0.472 e. The fraction of sp³-hybridized carbons (Fsp3) is 0.214. The molecule has 1 fully saturated rings. The summed E-state index contributed by atoms with van der Waals surface area (Å²) in [6.07, 6.45) is 14.8.